The fraction of sp³-hybridized carbons (Fsp3) is 0.333. The van der Waals surface area contributed by atoms with E-state index < -0.39 is 0 Å². The molecule has 1 atom stereocenters. The van der Waals surface area contributed by atoms with Gasteiger partial charge in [-0.05, 0) is 40.5 Å². The summed E-state index contributed by atoms with van der Waals surface area (Å²) >= 11 is 3.12. The molecule has 0 bridgehead atoms. The van der Waals surface area contributed by atoms with E-state index in [9.17, 15) is 4.39 Å². The van der Waals surface area contributed by atoms with Gasteiger partial charge in [0.05, 0.1) is 17.6 Å². The van der Waals surface area contributed by atoms with E-state index in [1.54, 1.807) is 19.2 Å². The highest BCUT2D eigenvalue weighted by Gasteiger charge is 2.06. The van der Waals surface area contributed by atoms with Crippen molar-refractivity contribution in [2.45, 2.75) is 13.0 Å². The summed E-state index contributed by atoms with van der Waals surface area (Å²) < 4.78 is 13.3. The molecule has 0 saturated heterocycles. The predicted molar refractivity (Wildman–Crippen MR) is 52.7 cm³/mol. The molecule has 0 amide bonds. The molecule has 1 N–H and O–H groups in total. The number of hydrogen-bond donors (Lipinski definition) is 1. The molecule has 4 heteroatoms. The van der Waals surface area contributed by atoms with Crippen LogP contribution in [0, 0.1) is 5.82 Å². The first kappa shape index (κ1) is 10.6. The smallest absolute Gasteiger partial charge is 0.137 e. The van der Waals surface area contributed by atoms with Crippen LogP contribution in [0.5, 0.6) is 0 Å². The highest BCUT2D eigenvalue weighted by Crippen LogP contribution is 2.20. The van der Waals surface area contributed by atoms with Gasteiger partial charge in [0.2, 0.25) is 0 Å². The van der Waals surface area contributed by atoms with E-state index in [1.165, 1.54) is 6.07 Å². The van der Waals surface area contributed by atoms with E-state index >= 15 is 0 Å². The molecular weight excluding hydrogens is 237 g/mol. The molecule has 0 fully saturated rings. The number of benzene rings is 1. The van der Waals surface area contributed by atoms with Crippen molar-refractivity contribution in [2.75, 3.05) is 7.11 Å². The SMILES string of the molecule is CONC(C)c1ccc(F)c(Br)c1. The third-order valence-electron chi connectivity index (χ3n) is 1.74. The van der Waals surface area contributed by atoms with Gasteiger partial charge in [-0.15, -0.1) is 0 Å². The number of hydroxylamine groups is 1. The average molecular weight is 248 g/mol. The topological polar surface area (TPSA) is 21.3 Å². The molecule has 0 aliphatic rings. The average Bonchev–Trinajstić information content (AvgIpc) is 2.10. The molecule has 1 aromatic rings. The summed E-state index contributed by atoms with van der Waals surface area (Å²) in [7, 11) is 1.55. The Morgan fingerprint density at radius 3 is 2.77 bits per heavy atom. The number of rotatable bonds is 3. The van der Waals surface area contributed by atoms with E-state index in [4.69, 9.17) is 4.84 Å². The van der Waals surface area contributed by atoms with Crippen LogP contribution in [0.25, 0.3) is 0 Å². The maximum absolute atomic E-state index is 12.8. The Kier molecular flexibility index (Phi) is 3.84. The zero-order chi connectivity index (χ0) is 9.84. The molecule has 0 aliphatic heterocycles. The molecule has 0 aromatic heterocycles. The fourth-order valence-corrected chi connectivity index (χ4v) is 1.42. The van der Waals surface area contributed by atoms with Crippen molar-refractivity contribution in [3.63, 3.8) is 0 Å². The standard InChI is InChI=1S/C9H11BrFNO/c1-6(12-13-2)7-3-4-9(11)8(10)5-7/h3-6,12H,1-2H3. The van der Waals surface area contributed by atoms with Gasteiger partial charge in [0.15, 0.2) is 0 Å². The molecule has 0 spiro atoms. The lowest BCUT2D eigenvalue weighted by Crippen LogP contribution is -2.16. The van der Waals surface area contributed by atoms with E-state index in [-0.39, 0.29) is 11.9 Å². The van der Waals surface area contributed by atoms with Crippen molar-refractivity contribution >= 4 is 15.9 Å². The second kappa shape index (κ2) is 4.69. The zero-order valence-electron chi connectivity index (χ0n) is 7.47. The van der Waals surface area contributed by atoms with E-state index in [0.717, 1.165) is 5.56 Å². The second-order valence-electron chi connectivity index (χ2n) is 2.72. The number of nitrogens with one attached hydrogen (secondary N) is 1. The minimum absolute atomic E-state index is 0.0434. The van der Waals surface area contributed by atoms with Gasteiger partial charge in [-0.2, -0.15) is 5.48 Å². The van der Waals surface area contributed by atoms with Crippen LogP contribution >= 0.6 is 15.9 Å². The van der Waals surface area contributed by atoms with Crippen molar-refractivity contribution in [3.8, 4) is 0 Å². The molecule has 1 unspecified atom stereocenters. The fourth-order valence-electron chi connectivity index (χ4n) is 1.03. The van der Waals surface area contributed by atoms with Crippen LogP contribution in [0.15, 0.2) is 22.7 Å². The van der Waals surface area contributed by atoms with Crippen LogP contribution in [0.4, 0.5) is 4.39 Å². The summed E-state index contributed by atoms with van der Waals surface area (Å²) in [6.45, 7) is 1.93. The highest BCUT2D eigenvalue weighted by atomic mass is 79.9. The van der Waals surface area contributed by atoms with Gasteiger partial charge in [0, 0.05) is 0 Å². The highest BCUT2D eigenvalue weighted by molar-refractivity contribution is 9.10. The van der Waals surface area contributed by atoms with Crippen LogP contribution in [0.3, 0.4) is 0 Å². The molecule has 0 saturated carbocycles. The lowest BCUT2D eigenvalue weighted by atomic mass is 10.1. The maximum Gasteiger partial charge on any atom is 0.137 e. The molecule has 1 aromatic carbocycles. The Morgan fingerprint density at radius 1 is 1.54 bits per heavy atom. The summed E-state index contributed by atoms with van der Waals surface area (Å²) in [5.41, 5.74) is 3.73. The minimum atomic E-state index is -0.256. The number of hydrogen-bond acceptors (Lipinski definition) is 2. The number of halogens is 2. The summed E-state index contributed by atoms with van der Waals surface area (Å²) in [6, 6.07) is 4.91. The van der Waals surface area contributed by atoms with Crippen molar-refractivity contribution in [1.82, 2.24) is 5.48 Å². The van der Waals surface area contributed by atoms with Crippen molar-refractivity contribution < 1.29 is 9.23 Å². The predicted octanol–water partition coefficient (Wildman–Crippen LogP) is 2.80. The largest absolute Gasteiger partial charge is 0.305 e. The van der Waals surface area contributed by atoms with E-state index in [1.807, 2.05) is 6.92 Å². The Bertz CT molecular complexity index is 293. The van der Waals surface area contributed by atoms with Gasteiger partial charge in [-0.1, -0.05) is 6.07 Å². The van der Waals surface area contributed by atoms with Gasteiger partial charge in [-0.25, -0.2) is 4.39 Å². The van der Waals surface area contributed by atoms with Gasteiger partial charge in [0.1, 0.15) is 5.82 Å². The second-order valence-corrected chi connectivity index (χ2v) is 3.57. The van der Waals surface area contributed by atoms with Gasteiger partial charge >= 0.3 is 0 Å². The molecule has 13 heavy (non-hydrogen) atoms. The Morgan fingerprint density at radius 2 is 2.23 bits per heavy atom. The van der Waals surface area contributed by atoms with Gasteiger partial charge < -0.3 is 4.84 Å². The van der Waals surface area contributed by atoms with Crippen LogP contribution in [0.2, 0.25) is 0 Å². The first-order valence-electron chi connectivity index (χ1n) is 3.88. The Balaban J connectivity index is 2.84. The minimum Gasteiger partial charge on any atom is -0.305 e. The van der Waals surface area contributed by atoms with Crippen LogP contribution in [-0.2, 0) is 4.84 Å². The molecule has 72 valence electrons. The summed E-state index contributed by atoms with van der Waals surface area (Å²) in [5, 5.41) is 0. The van der Waals surface area contributed by atoms with Crippen LogP contribution in [-0.4, -0.2) is 7.11 Å². The van der Waals surface area contributed by atoms with Gasteiger partial charge in [-0.3, -0.25) is 0 Å². The Hall–Kier alpha value is -0.450. The monoisotopic (exact) mass is 247 g/mol. The molecule has 2 nitrogen and oxygen atoms in total. The maximum atomic E-state index is 12.8. The normalized spacial score (nSPS) is 12.9. The molecule has 1 rings (SSSR count). The van der Waals surface area contributed by atoms with Crippen LogP contribution < -0.4 is 5.48 Å². The Labute approximate surface area is 85.2 Å². The zero-order valence-corrected chi connectivity index (χ0v) is 9.06. The molecule has 0 heterocycles. The first-order valence-corrected chi connectivity index (χ1v) is 4.68. The molecule has 0 radical (unpaired) electrons. The van der Waals surface area contributed by atoms with Crippen LogP contribution in [0.1, 0.15) is 18.5 Å². The first-order chi connectivity index (χ1) is 6.15. The summed E-state index contributed by atoms with van der Waals surface area (Å²) in [5.74, 6) is -0.256. The quantitative estimate of drug-likeness (QED) is 0.830. The van der Waals surface area contributed by atoms with Crippen molar-refractivity contribution in [3.05, 3.63) is 34.1 Å². The van der Waals surface area contributed by atoms with Gasteiger partial charge in [0.25, 0.3) is 0 Å². The third kappa shape index (κ3) is 2.76. The third-order valence-corrected chi connectivity index (χ3v) is 2.35. The lowest BCUT2D eigenvalue weighted by Gasteiger charge is -2.12. The summed E-state index contributed by atoms with van der Waals surface area (Å²) in [4.78, 5) is 4.77. The lowest BCUT2D eigenvalue weighted by molar-refractivity contribution is 0.0658. The van der Waals surface area contributed by atoms with Crippen molar-refractivity contribution in [2.24, 2.45) is 0 Å². The molecular formula is C9H11BrFNO. The van der Waals surface area contributed by atoms with E-state index in [0.29, 0.717) is 4.47 Å². The molecule has 0 aliphatic carbocycles. The summed E-state index contributed by atoms with van der Waals surface area (Å²) in [6.07, 6.45) is 0. The van der Waals surface area contributed by atoms with Crippen molar-refractivity contribution in [1.29, 1.82) is 0 Å². The van der Waals surface area contributed by atoms with E-state index in [2.05, 4.69) is 21.4 Å².